The summed E-state index contributed by atoms with van der Waals surface area (Å²) in [6.45, 7) is 5.51. The zero-order chi connectivity index (χ0) is 21.3. The lowest BCUT2D eigenvalue weighted by Gasteiger charge is -2.27. The fourth-order valence-electron chi connectivity index (χ4n) is 3.40. The summed E-state index contributed by atoms with van der Waals surface area (Å²) >= 11 is 6.27. The quantitative estimate of drug-likeness (QED) is 0.430. The van der Waals surface area contributed by atoms with E-state index in [1.165, 1.54) is 12.1 Å². The van der Waals surface area contributed by atoms with Gasteiger partial charge in [0.15, 0.2) is 0 Å². The normalized spacial score (nSPS) is 16.9. The number of halogens is 2. The largest absolute Gasteiger partial charge is 0.390 e. The van der Waals surface area contributed by atoms with E-state index in [4.69, 9.17) is 21.2 Å². The van der Waals surface area contributed by atoms with Gasteiger partial charge in [-0.1, -0.05) is 53.2 Å². The smallest absolute Gasteiger partial charge is 0.145 e. The van der Waals surface area contributed by atoms with Gasteiger partial charge in [-0.05, 0) is 23.8 Å². The number of hydrogen-bond acceptors (Lipinski definition) is 5. The van der Waals surface area contributed by atoms with E-state index < -0.39 is 6.10 Å². The van der Waals surface area contributed by atoms with Gasteiger partial charge in [0.1, 0.15) is 11.9 Å². The van der Waals surface area contributed by atoms with E-state index in [9.17, 15) is 9.50 Å². The predicted molar refractivity (Wildman–Crippen MR) is 116 cm³/mol. The van der Waals surface area contributed by atoms with Crippen LogP contribution in [-0.4, -0.2) is 54.2 Å². The molecule has 1 aliphatic rings. The first-order valence-corrected chi connectivity index (χ1v) is 10.2. The summed E-state index contributed by atoms with van der Waals surface area (Å²) in [5.41, 5.74) is 2.47. The number of aliphatic hydroxyl groups is 1. The molecule has 0 radical (unpaired) electrons. The number of oxime groups is 1. The van der Waals surface area contributed by atoms with Gasteiger partial charge in [0.2, 0.25) is 0 Å². The Balaban J connectivity index is 1.63. The number of nitrogens with zero attached hydrogens (tertiary/aromatic N) is 2. The van der Waals surface area contributed by atoms with Crippen LogP contribution in [0.5, 0.6) is 0 Å². The summed E-state index contributed by atoms with van der Waals surface area (Å²) in [5, 5.41) is 15.2. The number of rotatable bonds is 11. The zero-order valence-electron chi connectivity index (χ0n) is 16.7. The Morgan fingerprint density at radius 3 is 2.93 bits per heavy atom. The molecule has 30 heavy (non-hydrogen) atoms. The lowest BCUT2D eigenvalue weighted by molar-refractivity contribution is 0.00334. The van der Waals surface area contributed by atoms with Crippen molar-refractivity contribution >= 4 is 17.3 Å². The third-order valence-electron chi connectivity index (χ3n) is 4.69. The Labute approximate surface area is 181 Å². The Kier molecular flexibility index (Phi) is 8.39. The van der Waals surface area contributed by atoms with Crippen LogP contribution in [0.1, 0.15) is 17.5 Å². The van der Waals surface area contributed by atoms with Crippen molar-refractivity contribution in [2.24, 2.45) is 5.16 Å². The molecule has 2 aromatic carbocycles. The van der Waals surface area contributed by atoms with Crippen molar-refractivity contribution in [3.05, 3.63) is 83.2 Å². The van der Waals surface area contributed by atoms with Crippen LogP contribution >= 0.6 is 11.6 Å². The average Bonchev–Trinajstić information content (AvgIpc) is 3.16. The molecule has 0 saturated carbocycles. The van der Waals surface area contributed by atoms with Gasteiger partial charge < -0.3 is 14.7 Å². The molecule has 160 valence electrons. The van der Waals surface area contributed by atoms with Gasteiger partial charge >= 0.3 is 0 Å². The maximum absolute atomic E-state index is 13.6. The molecular formula is C23H26ClFN2O3. The highest BCUT2D eigenvalue weighted by molar-refractivity contribution is 6.34. The molecule has 0 fully saturated rings. The third-order valence-corrected chi connectivity index (χ3v) is 5.02. The highest BCUT2D eigenvalue weighted by Crippen LogP contribution is 2.23. The van der Waals surface area contributed by atoms with Crippen molar-refractivity contribution in [1.82, 2.24) is 4.90 Å². The highest BCUT2D eigenvalue weighted by atomic mass is 35.5. The summed E-state index contributed by atoms with van der Waals surface area (Å²) in [6.07, 6.45) is 1.36. The van der Waals surface area contributed by atoms with E-state index in [-0.39, 0.29) is 18.5 Å². The second-order valence-electron chi connectivity index (χ2n) is 7.25. The van der Waals surface area contributed by atoms with Crippen LogP contribution in [0.3, 0.4) is 0 Å². The van der Waals surface area contributed by atoms with Crippen LogP contribution in [0.4, 0.5) is 4.39 Å². The number of hydrogen-bond donors (Lipinski definition) is 1. The molecule has 0 aromatic heterocycles. The standard InChI is InChI=1S/C23H26ClFN2O3/c1-2-10-29-16-19(28)14-27(13-17-6-5-7-18(25)11-17)15-20-12-23(26-30-20)21-8-3-4-9-22(21)24/h2-9,11,19-20,28H,1,10,12-16H2/t19-,20-/m0/s1. The molecule has 0 saturated heterocycles. The average molecular weight is 433 g/mol. The molecule has 1 heterocycles. The van der Waals surface area contributed by atoms with Crippen LogP contribution in [0.15, 0.2) is 66.3 Å². The SMILES string of the molecule is C=CCOC[C@@H](O)CN(Cc1cccc(F)c1)C[C@@H]1CC(c2ccccc2Cl)=NO1. The van der Waals surface area contributed by atoms with Gasteiger partial charge in [0.05, 0.1) is 25.0 Å². The van der Waals surface area contributed by atoms with Gasteiger partial charge in [0, 0.05) is 36.6 Å². The van der Waals surface area contributed by atoms with Crippen LogP contribution in [0, 0.1) is 5.82 Å². The number of benzene rings is 2. The van der Waals surface area contributed by atoms with Crippen LogP contribution in [-0.2, 0) is 16.1 Å². The molecular weight excluding hydrogens is 407 g/mol. The molecule has 0 aliphatic carbocycles. The number of aliphatic hydroxyl groups excluding tert-OH is 1. The molecule has 3 rings (SSSR count). The molecule has 0 spiro atoms. The first-order chi connectivity index (χ1) is 14.5. The van der Waals surface area contributed by atoms with E-state index in [2.05, 4.69) is 11.7 Å². The zero-order valence-corrected chi connectivity index (χ0v) is 17.5. The minimum Gasteiger partial charge on any atom is -0.390 e. The lowest BCUT2D eigenvalue weighted by atomic mass is 10.0. The molecule has 2 atom stereocenters. The van der Waals surface area contributed by atoms with Crippen molar-refractivity contribution in [3.8, 4) is 0 Å². The summed E-state index contributed by atoms with van der Waals surface area (Å²) in [7, 11) is 0. The van der Waals surface area contributed by atoms with E-state index in [0.717, 1.165) is 16.8 Å². The van der Waals surface area contributed by atoms with Crippen molar-refractivity contribution < 1.29 is 19.1 Å². The maximum atomic E-state index is 13.6. The van der Waals surface area contributed by atoms with Gasteiger partial charge in [-0.2, -0.15) is 0 Å². The number of ether oxygens (including phenoxy) is 1. The molecule has 0 unspecified atom stereocenters. The lowest BCUT2D eigenvalue weighted by Crippen LogP contribution is -2.39. The summed E-state index contributed by atoms with van der Waals surface area (Å²) < 4.78 is 19.0. The summed E-state index contributed by atoms with van der Waals surface area (Å²) in [5.74, 6) is -0.288. The van der Waals surface area contributed by atoms with E-state index >= 15 is 0 Å². The molecule has 2 aromatic rings. The fourth-order valence-corrected chi connectivity index (χ4v) is 3.65. The molecule has 0 amide bonds. The van der Waals surface area contributed by atoms with Gasteiger partial charge in [-0.25, -0.2) is 4.39 Å². The minimum absolute atomic E-state index is 0.189. The summed E-state index contributed by atoms with van der Waals surface area (Å²) in [4.78, 5) is 7.65. The predicted octanol–water partition coefficient (Wildman–Crippen LogP) is 4.04. The molecule has 1 N–H and O–H groups in total. The molecule has 5 nitrogen and oxygen atoms in total. The van der Waals surface area contributed by atoms with Crippen molar-refractivity contribution in [3.63, 3.8) is 0 Å². The fraction of sp³-hybridized carbons (Fsp3) is 0.348. The highest BCUT2D eigenvalue weighted by Gasteiger charge is 2.26. The minimum atomic E-state index is -0.691. The molecule has 0 bridgehead atoms. The third kappa shape index (κ3) is 6.64. The first-order valence-electron chi connectivity index (χ1n) is 9.86. The van der Waals surface area contributed by atoms with Crippen molar-refractivity contribution in [1.29, 1.82) is 0 Å². The Hall–Kier alpha value is -2.25. The monoisotopic (exact) mass is 432 g/mol. The van der Waals surface area contributed by atoms with Crippen molar-refractivity contribution in [2.45, 2.75) is 25.2 Å². The molecule has 1 aliphatic heterocycles. The Bertz CT molecular complexity index is 877. The van der Waals surface area contributed by atoms with Crippen LogP contribution < -0.4 is 0 Å². The van der Waals surface area contributed by atoms with E-state index in [0.29, 0.717) is 37.7 Å². The second kappa shape index (κ2) is 11.2. The first kappa shape index (κ1) is 22.4. The van der Waals surface area contributed by atoms with Crippen LogP contribution in [0.25, 0.3) is 0 Å². The Morgan fingerprint density at radius 1 is 1.33 bits per heavy atom. The van der Waals surface area contributed by atoms with Gasteiger partial charge in [0.25, 0.3) is 0 Å². The topological polar surface area (TPSA) is 54.3 Å². The second-order valence-corrected chi connectivity index (χ2v) is 7.66. The van der Waals surface area contributed by atoms with E-state index in [1.807, 2.05) is 35.2 Å². The van der Waals surface area contributed by atoms with Crippen LogP contribution in [0.2, 0.25) is 5.02 Å². The van der Waals surface area contributed by atoms with Crippen molar-refractivity contribution in [2.75, 3.05) is 26.3 Å². The maximum Gasteiger partial charge on any atom is 0.145 e. The summed E-state index contributed by atoms with van der Waals surface area (Å²) in [6, 6.07) is 14.0. The van der Waals surface area contributed by atoms with E-state index in [1.54, 1.807) is 12.1 Å². The molecule has 7 heteroatoms. The van der Waals surface area contributed by atoms with Gasteiger partial charge in [-0.3, -0.25) is 4.90 Å². The Morgan fingerprint density at radius 2 is 2.17 bits per heavy atom. The van der Waals surface area contributed by atoms with Gasteiger partial charge in [-0.15, -0.1) is 6.58 Å².